The van der Waals surface area contributed by atoms with Crippen molar-refractivity contribution >= 4 is 55.4 Å². The summed E-state index contributed by atoms with van der Waals surface area (Å²) in [5.41, 5.74) is 5.39. The monoisotopic (exact) mass is 617 g/mol. The van der Waals surface area contributed by atoms with Gasteiger partial charge in [0.25, 0.3) is 5.91 Å². The van der Waals surface area contributed by atoms with E-state index in [2.05, 4.69) is 20.3 Å². The van der Waals surface area contributed by atoms with Crippen LogP contribution in [0, 0.1) is 12.7 Å². The van der Waals surface area contributed by atoms with Crippen LogP contribution >= 0.6 is 11.6 Å². The number of H-pyrrole nitrogens is 1. The van der Waals surface area contributed by atoms with Gasteiger partial charge in [-0.05, 0) is 66.6 Å². The van der Waals surface area contributed by atoms with Gasteiger partial charge in [0.2, 0.25) is 10.0 Å². The average molecular weight is 618 g/mol. The van der Waals surface area contributed by atoms with Gasteiger partial charge in [0, 0.05) is 48.4 Å². The van der Waals surface area contributed by atoms with Crippen LogP contribution in [0.2, 0.25) is 5.02 Å². The number of anilines is 1. The number of halogens is 2. The van der Waals surface area contributed by atoms with Crippen LogP contribution in [0.15, 0.2) is 71.3 Å². The Kier molecular flexibility index (Phi) is 6.94. The first-order valence-electron chi connectivity index (χ1n) is 13.1. The lowest BCUT2D eigenvalue weighted by molar-refractivity contribution is 0.0964. The van der Waals surface area contributed by atoms with Crippen LogP contribution in [0.3, 0.4) is 0 Å². The predicted molar refractivity (Wildman–Crippen MR) is 166 cm³/mol. The van der Waals surface area contributed by atoms with Crippen molar-refractivity contribution < 1.29 is 22.0 Å². The lowest BCUT2D eigenvalue weighted by Crippen LogP contribution is -2.25. The van der Waals surface area contributed by atoms with Crippen molar-refractivity contribution in [3.63, 3.8) is 0 Å². The Morgan fingerprint density at radius 1 is 1.05 bits per heavy atom. The Bertz CT molecular complexity index is 2170. The van der Waals surface area contributed by atoms with Gasteiger partial charge in [-0.25, -0.2) is 22.8 Å². The molecule has 0 aliphatic rings. The van der Waals surface area contributed by atoms with E-state index in [0.717, 1.165) is 21.7 Å². The molecule has 0 radical (unpaired) electrons. The van der Waals surface area contributed by atoms with E-state index < -0.39 is 21.7 Å². The Morgan fingerprint density at radius 2 is 1.77 bits per heavy atom. The number of carbonyl (C=O) groups is 1. The van der Waals surface area contributed by atoms with Crippen LogP contribution in [-0.4, -0.2) is 49.6 Å². The van der Waals surface area contributed by atoms with Crippen molar-refractivity contribution in [2.24, 2.45) is 0 Å². The highest BCUT2D eigenvalue weighted by Crippen LogP contribution is 2.42. The maximum absolute atomic E-state index is 13.7. The van der Waals surface area contributed by atoms with Crippen LogP contribution in [0.4, 0.5) is 10.1 Å². The number of aromatic amines is 1. The molecule has 3 aromatic heterocycles. The van der Waals surface area contributed by atoms with E-state index in [1.165, 1.54) is 44.6 Å². The number of aromatic nitrogens is 3. The molecule has 3 heterocycles. The van der Waals surface area contributed by atoms with Crippen molar-refractivity contribution in [3.05, 3.63) is 88.8 Å². The summed E-state index contributed by atoms with van der Waals surface area (Å²) in [6, 6.07) is 16.4. The van der Waals surface area contributed by atoms with Crippen LogP contribution in [0.25, 0.3) is 56.0 Å². The fourth-order valence-corrected chi connectivity index (χ4v) is 5.71. The number of sulfonamides is 1. The largest absolute Gasteiger partial charge is 0.455 e. The molecule has 0 unspecified atom stereocenters. The first kappa shape index (κ1) is 28.4. The van der Waals surface area contributed by atoms with Crippen LogP contribution in [0.1, 0.15) is 15.9 Å². The molecule has 6 aromatic rings. The number of rotatable bonds is 6. The molecule has 1 amide bonds. The van der Waals surface area contributed by atoms with E-state index >= 15 is 0 Å². The Morgan fingerprint density at radius 3 is 2.47 bits per heavy atom. The Hall–Kier alpha value is -4.74. The predicted octanol–water partition coefficient (Wildman–Crippen LogP) is 6.56. The molecule has 0 atom stereocenters. The smallest absolute Gasteiger partial charge is 0.255 e. The number of nitrogens with zero attached hydrogens (tertiary/aromatic N) is 3. The number of furan rings is 1. The van der Waals surface area contributed by atoms with Gasteiger partial charge >= 0.3 is 0 Å². The second kappa shape index (κ2) is 10.5. The summed E-state index contributed by atoms with van der Waals surface area (Å²) < 4.78 is 46.6. The zero-order chi connectivity index (χ0) is 30.6. The molecule has 12 heteroatoms. The van der Waals surface area contributed by atoms with Crippen molar-refractivity contribution in [2.45, 2.75) is 6.92 Å². The summed E-state index contributed by atoms with van der Waals surface area (Å²) in [7, 11) is -0.741. The number of nitrogens with one attached hydrogen (secondary N) is 2. The molecule has 9 nitrogen and oxygen atoms in total. The fourth-order valence-electron chi connectivity index (χ4n) is 5.04. The van der Waals surface area contributed by atoms with Gasteiger partial charge in [-0.1, -0.05) is 17.7 Å². The van der Waals surface area contributed by atoms with Gasteiger partial charge in [-0.2, -0.15) is 0 Å². The minimum Gasteiger partial charge on any atom is -0.455 e. The summed E-state index contributed by atoms with van der Waals surface area (Å²) in [4.78, 5) is 25.3. The van der Waals surface area contributed by atoms with Gasteiger partial charge in [0.05, 0.1) is 28.0 Å². The van der Waals surface area contributed by atoms with E-state index in [9.17, 15) is 17.6 Å². The molecule has 0 saturated carbocycles. The maximum Gasteiger partial charge on any atom is 0.255 e. The minimum absolute atomic E-state index is 0.234. The molecule has 0 saturated heterocycles. The molecule has 6 rings (SSSR count). The molecule has 0 aliphatic carbocycles. The molecule has 43 heavy (non-hydrogen) atoms. The second-order valence-electron chi connectivity index (χ2n) is 10.2. The molecular formula is C31H25ClFN5O4S. The zero-order valence-electron chi connectivity index (χ0n) is 23.5. The highest BCUT2D eigenvalue weighted by molar-refractivity contribution is 7.92. The van der Waals surface area contributed by atoms with Gasteiger partial charge in [-0.3, -0.25) is 9.10 Å². The molecule has 3 aromatic carbocycles. The van der Waals surface area contributed by atoms with E-state index in [4.69, 9.17) is 16.0 Å². The van der Waals surface area contributed by atoms with Gasteiger partial charge in [0.15, 0.2) is 5.65 Å². The van der Waals surface area contributed by atoms with E-state index in [1.54, 1.807) is 18.2 Å². The third-order valence-electron chi connectivity index (χ3n) is 7.17. The van der Waals surface area contributed by atoms with Gasteiger partial charge in [-0.15, -0.1) is 0 Å². The second-order valence-corrected chi connectivity index (χ2v) is 12.6. The Balaban J connectivity index is 1.62. The molecular weight excluding hydrogens is 593 g/mol. The van der Waals surface area contributed by atoms with E-state index in [0.29, 0.717) is 55.4 Å². The quantitative estimate of drug-likeness (QED) is 0.218. The molecule has 0 bridgehead atoms. The SMILES string of the molecule is CNC(=O)c1c(-c2ccc(F)cc2)oc2cc(N(C)S(C)(=O)=O)c(-c3cc(C)cc(-c4nc5ncc(Cl)cc5[nH]4)c3)cc12. The normalized spacial score (nSPS) is 11.8. The topological polar surface area (TPSA) is 121 Å². The number of carbonyl (C=O) groups excluding carboxylic acids is 1. The summed E-state index contributed by atoms with van der Waals surface area (Å²) in [6.07, 6.45) is 2.63. The maximum atomic E-state index is 13.7. The number of pyridine rings is 1. The lowest BCUT2D eigenvalue weighted by Gasteiger charge is -2.21. The third kappa shape index (κ3) is 5.21. The summed E-state index contributed by atoms with van der Waals surface area (Å²) in [5.74, 6) is -0.0505. The van der Waals surface area contributed by atoms with E-state index in [1.807, 2.05) is 25.1 Å². The van der Waals surface area contributed by atoms with Crippen LogP contribution in [0.5, 0.6) is 0 Å². The van der Waals surface area contributed by atoms with Crippen molar-refractivity contribution in [1.29, 1.82) is 0 Å². The number of imidazole rings is 1. The number of hydrogen-bond donors (Lipinski definition) is 2. The van der Waals surface area contributed by atoms with E-state index in [-0.39, 0.29) is 11.3 Å². The lowest BCUT2D eigenvalue weighted by atomic mass is 9.95. The highest BCUT2D eigenvalue weighted by Gasteiger charge is 2.26. The van der Waals surface area contributed by atoms with Crippen molar-refractivity contribution in [2.75, 3.05) is 24.7 Å². The third-order valence-corrected chi connectivity index (χ3v) is 8.57. The number of hydrogen-bond acceptors (Lipinski definition) is 6. The Labute approximate surface area is 251 Å². The van der Waals surface area contributed by atoms with Gasteiger partial charge < -0.3 is 14.7 Å². The molecule has 2 N–H and O–H groups in total. The first-order valence-corrected chi connectivity index (χ1v) is 15.3. The number of amides is 1. The summed E-state index contributed by atoms with van der Waals surface area (Å²) in [5, 5.41) is 3.59. The molecule has 218 valence electrons. The molecule has 0 aliphatic heterocycles. The highest BCUT2D eigenvalue weighted by atomic mass is 35.5. The van der Waals surface area contributed by atoms with Crippen LogP contribution in [-0.2, 0) is 10.0 Å². The number of aryl methyl sites for hydroxylation is 1. The standard InChI is InChI=1S/C31H25ClFN5O4S/c1-16-9-18(11-19(10-16)29-36-24-12-20(32)15-35-30(24)37-29)22-13-23-26(14-25(22)38(3)43(4,40)41)42-28(27(23)31(39)34-2)17-5-7-21(33)8-6-17/h5-15H,1-4H3,(H,34,39)(H,35,36,37). The van der Waals surface area contributed by atoms with Crippen molar-refractivity contribution in [3.8, 4) is 33.8 Å². The number of benzene rings is 3. The number of fused-ring (bicyclic) bond motifs is 2. The van der Waals surface area contributed by atoms with Gasteiger partial charge in [0.1, 0.15) is 23.0 Å². The van der Waals surface area contributed by atoms with Crippen LogP contribution < -0.4 is 9.62 Å². The summed E-state index contributed by atoms with van der Waals surface area (Å²) >= 11 is 6.11. The first-order chi connectivity index (χ1) is 20.4. The average Bonchev–Trinajstić information content (AvgIpc) is 3.56. The summed E-state index contributed by atoms with van der Waals surface area (Å²) in [6.45, 7) is 1.92. The van der Waals surface area contributed by atoms with Crippen molar-refractivity contribution in [1.82, 2.24) is 20.3 Å². The zero-order valence-corrected chi connectivity index (χ0v) is 25.1. The minimum atomic E-state index is -3.70. The molecule has 0 fully saturated rings. The fraction of sp³-hybridized carbons (Fsp3) is 0.129. The molecule has 0 spiro atoms.